The Morgan fingerprint density at radius 1 is 1.30 bits per heavy atom. The molecular formula is C13H16N2O3S2. The number of aryl methyl sites for hydroxylation is 2. The number of methoxy groups -OCH3 is 1. The molecule has 2 aromatic heterocycles. The quantitative estimate of drug-likeness (QED) is 0.879. The molecule has 0 saturated heterocycles. The minimum atomic E-state index is -0.475. The van der Waals surface area contributed by atoms with Crippen LogP contribution in [0.2, 0.25) is 0 Å². The van der Waals surface area contributed by atoms with Gasteiger partial charge in [-0.1, -0.05) is 11.3 Å². The van der Waals surface area contributed by atoms with E-state index in [0.29, 0.717) is 11.7 Å². The van der Waals surface area contributed by atoms with Gasteiger partial charge in [0.05, 0.1) is 11.3 Å². The number of anilines is 1. The van der Waals surface area contributed by atoms with Crippen LogP contribution >= 0.6 is 22.7 Å². The molecule has 1 amide bonds. The van der Waals surface area contributed by atoms with Crippen molar-refractivity contribution in [3.63, 3.8) is 0 Å². The topological polar surface area (TPSA) is 60.5 Å². The highest BCUT2D eigenvalue weighted by Crippen LogP contribution is 2.40. The van der Waals surface area contributed by atoms with Gasteiger partial charge < -0.3 is 9.47 Å². The van der Waals surface area contributed by atoms with E-state index in [2.05, 4.69) is 10.3 Å². The van der Waals surface area contributed by atoms with Crippen LogP contribution in [0.1, 0.15) is 23.3 Å². The van der Waals surface area contributed by atoms with Crippen molar-refractivity contribution in [2.45, 2.75) is 25.7 Å². The highest BCUT2D eigenvalue weighted by molar-refractivity contribution is 7.29. The van der Waals surface area contributed by atoms with Crippen molar-refractivity contribution < 1.29 is 14.3 Å². The standard InChI is InChI=1S/C13H16N2O3S2/c1-17-6-7-18-13(16)15-12-14-11-10(20-12)8-4-2-3-5-9(8)19-11/h2-7H2,1H3,(H,14,15,16). The molecule has 0 saturated carbocycles. The Hall–Kier alpha value is -1.18. The summed E-state index contributed by atoms with van der Waals surface area (Å²) in [6.07, 6.45) is 4.36. The van der Waals surface area contributed by atoms with Gasteiger partial charge >= 0.3 is 6.09 Å². The molecule has 0 aliphatic heterocycles. The molecule has 0 atom stereocenters. The summed E-state index contributed by atoms with van der Waals surface area (Å²) in [5.41, 5.74) is 1.44. The summed E-state index contributed by atoms with van der Waals surface area (Å²) in [4.78, 5) is 18.5. The number of thiophene rings is 1. The monoisotopic (exact) mass is 312 g/mol. The maximum absolute atomic E-state index is 11.6. The number of amides is 1. The predicted octanol–water partition coefficient (Wildman–Crippen LogP) is 3.43. The second kappa shape index (κ2) is 6.07. The lowest BCUT2D eigenvalue weighted by Crippen LogP contribution is -2.16. The summed E-state index contributed by atoms with van der Waals surface area (Å²) < 4.78 is 11.0. The van der Waals surface area contributed by atoms with Crippen molar-refractivity contribution >= 4 is 43.4 Å². The number of hydrogen-bond acceptors (Lipinski definition) is 6. The summed E-state index contributed by atoms with van der Waals surface area (Å²) >= 11 is 3.30. The van der Waals surface area contributed by atoms with Crippen LogP contribution in [-0.4, -0.2) is 31.4 Å². The molecule has 1 aliphatic carbocycles. The largest absolute Gasteiger partial charge is 0.447 e. The van der Waals surface area contributed by atoms with Gasteiger partial charge in [-0.15, -0.1) is 11.3 Å². The van der Waals surface area contributed by atoms with Crippen molar-refractivity contribution in [2.75, 3.05) is 25.6 Å². The summed E-state index contributed by atoms with van der Waals surface area (Å²) in [6.45, 7) is 0.644. The zero-order valence-electron chi connectivity index (χ0n) is 11.2. The maximum Gasteiger partial charge on any atom is 0.413 e. The first kappa shape index (κ1) is 13.8. The molecule has 0 aromatic carbocycles. The number of thiazole rings is 1. The smallest absolute Gasteiger partial charge is 0.413 e. The molecule has 5 nitrogen and oxygen atoms in total. The fourth-order valence-corrected chi connectivity index (χ4v) is 4.79. The van der Waals surface area contributed by atoms with Gasteiger partial charge in [0.1, 0.15) is 11.4 Å². The third-order valence-corrected chi connectivity index (χ3v) is 5.58. The fraction of sp³-hybridized carbons (Fsp3) is 0.538. The van der Waals surface area contributed by atoms with Crippen LogP contribution in [0.3, 0.4) is 0 Å². The predicted molar refractivity (Wildman–Crippen MR) is 81.0 cm³/mol. The van der Waals surface area contributed by atoms with Gasteiger partial charge in [-0.3, -0.25) is 5.32 Å². The first-order valence-corrected chi connectivity index (χ1v) is 8.25. The average Bonchev–Trinajstić information content (AvgIpc) is 2.96. The molecule has 1 aliphatic rings. The van der Waals surface area contributed by atoms with Gasteiger partial charge in [-0.2, -0.15) is 0 Å². The molecule has 3 rings (SSSR count). The van der Waals surface area contributed by atoms with Gasteiger partial charge in [-0.25, -0.2) is 9.78 Å². The molecule has 0 bridgehead atoms. The van der Waals surface area contributed by atoms with Crippen molar-refractivity contribution in [1.82, 2.24) is 4.98 Å². The summed E-state index contributed by atoms with van der Waals surface area (Å²) in [5.74, 6) is 0. The Bertz CT molecular complexity index is 620. The lowest BCUT2D eigenvalue weighted by Gasteiger charge is -2.09. The second-order valence-corrected chi connectivity index (χ2v) is 6.70. The number of rotatable bonds is 4. The Morgan fingerprint density at radius 2 is 2.15 bits per heavy atom. The van der Waals surface area contributed by atoms with Gasteiger partial charge in [0.25, 0.3) is 0 Å². The number of nitrogens with zero attached hydrogens (tertiary/aromatic N) is 1. The number of ether oxygens (including phenoxy) is 2. The van der Waals surface area contributed by atoms with Crippen LogP contribution in [0.4, 0.5) is 9.93 Å². The summed E-state index contributed by atoms with van der Waals surface area (Å²) in [6, 6.07) is 0. The van der Waals surface area contributed by atoms with Crippen LogP contribution in [0.15, 0.2) is 0 Å². The SMILES string of the molecule is COCCOC(=O)Nc1nc2sc3c(c2s1)CCCC3. The van der Waals surface area contributed by atoms with Crippen molar-refractivity contribution in [2.24, 2.45) is 0 Å². The lowest BCUT2D eigenvalue weighted by molar-refractivity contribution is 0.107. The van der Waals surface area contributed by atoms with Crippen LogP contribution in [-0.2, 0) is 22.3 Å². The van der Waals surface area contributed by atoms with Crippen molar-refractivity contribution in [3.8, 4) is 0 Å². The number of nitrogens with one attached hydrogen (secondary N) is 1. The summed E-state index contributed by atoms with van der Waals surface area (Å²) in [7, 11) is 1.57. The molecule has 2 aromatic rings. The highest BCUT2D eigenvalue weighted by Gasteiger charge is 2.20. The molecule has 0 fully saturated rings. The van der Waals surface area contributed by atoms with E-state index in [9.17, 15) is 4.79 Å². The number of carbonyl (C=O) groups excluding carboxylic acids is 1. The van der Waals surface area contributed by atoms with E-state index in [4.69, 9.17) is 9.47 Å². The minimum absolute atomic E-state index is 0.247. The van der Waals surface area contributed by atoms with Gasteiger partial charge in [0.15, 0.2) is 5.13 Å². The van der Waals surface area contributed by atoms with Crippen molar-refractivity contribution in [3.05, 3.63) is 10.4 Å². The fourth-order valence-electron chi connectivity index (χ4n) is 2.31. The van der Waals surface area contributed by atoms with E-state index in [-0.39, 0.29) is 6.61 Å². The zero-order chi connectivity index (χ0) is 13.9. The highest BCUT2D eigenvalue weighted by atomic mass is 32.1. The van der Waals surface area contributed by atoms with Crippen LogP contribution < -0.4 is 5.32 Å². The minimum Gasteiger partial charge on any atom is -0.447 e. The van der Waals surface area contributed by atoms with Gasteiger partial charge in [0.2, 0.25) is 0 Å². The third-order valence-electron chi connectivity index (χ3n) is 3.24. The Balaban J connectivity index is 1.70. The van der Waals surface area contributed by atoms with E-state index in [1.54, 1.807) is 29.8 Å². The molecule has 20 heavy (non-hydrogen) atoms. The van der Waals surface area contributed by atoms with Crippen LogP contribution in [0, 0.1) is 0 Å². The molecule has 2 heterocycles. The first-order valence-electron chi connectivity index (χ1n) is 6.61. The molecular weight excluding hydrogens is 296 g/mol. The Morgan fingerprint density at radius 3 is 3.00 bits per heavy atom. The third kappa shape index (κ3) is 2.79. The zero-order valence-corrected chi connectivity index (χ0v) is 12.9. The molecule has 0 radical (unpaired) electrons. The maximum atomic E-state index is 11.6. The normalized spacial score (nSPS) is 14.2. The molecule has 0 unspecified atom stereocenters. The summed E-state index contributed by atoms with van der Waals surface area (Å²) in [5, 5.41) is 3.29. The second-order valence-electron chi connectivity index (χ2n) is 4.62. The van der Waals surface area contributed by atoms with Gasteiger partial charge in [-0.05, 0) is 31.2 Å². The number of fused-ring (bicyclic) bond motifs is 3. The average molecular weight is 312 g/mol. The van der Waals surface area contributed by atoms with Crippen LogP contribution in [0.5, 0.6) is 0 Å². The van der Waals surface area contributed by atoms with Crippen LogP contribution in [0.25, 0.3) is 9.53 Å². The van der Waals surface area contributed by atoms with E-state index in [1.165, 1.54) is 34.4 Å². The van der Waals surface area contributed by atoms with Crippen molar-refractivity contribution in [1.29, 1.82) is 0 Å². The molecule has 7 heteroatoms. The Labute approximate surface area is 124 Å². The van der Waals surface area contributed by atoms with E-state index >= 15 is 0 Å². The molecule has 0 spiro atoms. The first-order chi connectivity index (χ1) is 9.78. The Kier molecular flexibility index (Phi) is 4.18. The van der Waals surface area contributed by atoms with E-state index < -0.39 is 6.09 Å². The van der Waals surface area contributed by atoms with E-state index in [1.807, 2.05) is 0 Å². The number of hydrogen-bond donors (Lipinski definition) is 1. The number of carbonyl (C=O) groups is 1. The van der Waals surface area contributed by atoms with E-state index in [0.717, 1.165) is 11.3 Å². The molecule has 108 valence electrons. The lowest BCUT2D eigenvalue weighted by atomic mass is 10.00. The van der Waals surface area contributed by atoms with Gasteiger partial charge in [0, 0.05) is 12.0 Å². The number of aromatic nitrogens is 1. The molecule has 1 N–H and O–H groups in total.